The Bertz CT molecular complexity index is 522. The summed E-state index contributed by atoms with van der Waals surface area (Å²) in [6.45, 7) is 2.24. The number of nitrogens with zero attached hydrogens (tertiary/aromatic N) is 2. The molecule has 0 aliphatic heterocycles. The van der Waals surface area contributed by atoms with Crippen LogP contribution in [0.5, 0.6) is 0 Å². The zero-order chi connectivity index (χ0) is 13.8. The van der Waals surface area contributed by atoms with Gasteiger partial charge in [0.2, 0.25) is 0 Å². The van der Waals surface area contributed by atoms with Gasteiger partial charge in [0.15, 0.2) is 0 Å². The van der Waals surface area contributed by atoms with Gasteiger partial charge in [-0.05, 0) is 30.9 Å². The number of benzene rings is 1. The van der Waals surface area contributed by atoms with Crippen molar-refractivity contribution in [2.45, 2.75) is 38.6 Å². The largest absolute Gasteiger partial charge is 0.382 e. The van der Waals surface area contributed by atoms with E-state index in [1.54, 1.807) is 12.1 Å². The van der Waals surface area contributed by atoms with Gasteiger partial charge in [0, 0.05) is 17.8 Å². The van der Waals surface area contributed by atoms with Crippen LogP contribution in [0.1, 0.15) is 38.2 Å². The Morgan fingerprint density at radius 1 is 1.47 bits per heavy atom. The number of anilines is 1. The van der Waals surface area contributed by atoms with Crippen LogP contribution in [0.3, 0.4) is 0 Å². The number of nitro benzene ring substituents is 1. The third-order valence-electron chi connectivity index (χ3n) is 3.62. The molecule has 1 aromatic carbocycles. The summed E-state index contributed by atoms with van der Waals surface area (Å²) in [5.41, 5.74) is 0.769. The van der Waals surface area contributed by atoms with Gasteiger partial charge in [0.1, 0.15) is 11.6 Å². The lowest BCUT2D eigenvalue weighted by molar-refractivity contribution is -0.385. The molecule has 1 aliphatic carbocycles. The van der Waals surface area contributed by atoms with Gasteiger partial charge in [-0.25, -0.2) is 0 Å². The maximum Gasteiger partial charge on any atom is 0.287 e. The molecule has 1 aromatic rings. The van der Waals surface area contributed by atoms with Crippen LogP contribution in [0, 0.1) is 27.4 Å². The highest BCUT2D eigenvalue weighted by atomic mass is 16.6. The first-order valence-electron chi connectivity index (χ1n) is 6.55. The van der Waals surface area contributed by atoms with Crippen LogP contribution >= 0.6 is 0 Å². The summed E-state index contributed by atoms with van der Waals surface area (Å²) in [6.07, 6.45) is 4.70. The van der Waals surface area contributed by atoms with Crippen molar-refractivity contribution < 1.29 is 4.92 Å². The molecular formula is C14H17N3O2. The summed E-state index contributed by atoms with van der Waals surface area (Å²) >= 11 is 0. The molecule has 0 bridgehead atoms. The smallest absolute Gasteiger partial charge is 0.287 e. The topological polar surface area (TPSA) is 79.0 Å². The summed E-state index contributed by atoms with van der Waals surface area (Å²) in [5, 5.41) is 23.1. The number of hydrogen-bond acceptors (Lipinski definition) is 4. The van der Waals surface area contributed by atoms with E-state index in [1.165, 1.54) is 18.9 Å². The molecule has 5 heteroatoms. The molecule has 19 heavy (non-hydrogen) atoms. The van der Waals surface area contributed by atoms with E-state index in [9.17, 15) is 10.1 Å². The normalized spacial score (nSPS) is 22.5. The zero-order valence-electron chi connectivity index (χ0n) is 10.9. The molecule has 0 heterocycles. The maximum atomic E-state index is 10.8. The number of nitrogens with one attached hydrogen (secondary N) is 1. The molecule has 100 valence electrons. The number of hydrogen-bond donors (Lipinski definition) is 1. The highest BCUT2D eigenvalue weighted by Crippen LogP contribution is 2.28. The van der Waals surface area contributed by atoms with Crippen molar-refractivity contribution in [3.05, 3.63) is 33.9 Å². The average molecular weight is 259 g/mol. The molecule has 2 atom stereocenters. The second kappa shape index (κ2) is 5.70. The van der Waals surface area contributed by atoms with Gasteiger partial charge < -0.3 is 5.32 Å². The summed E-state index contributed by atoms with van der Waals surface area (Å²) in [6, 6.07) is 6.92. The minimum absolute atomic E-state index is 0.110. The molecule has 5 nitrogen and oxygen atoms in total. The Kier molecular flexibility index (Phi) is 4.00. The van der Waals surface area contributed by atoms with Gasteiger partial charge in [-0.3, -0.25) is 10.1 Å². The molecule has 2 unspecified atom stereocenters. The number of nitriles is 1. The fourth-order valence-corrected chi connectivity index (χ4v) is 2.68. The van der Waals surface area contributed by atoms with Gasteiger partial charge in [-0.1, -0.05) is 19.8 Å². The monoisotopic (exact) mass is 259 g/mol. The van der Waals surface area contributed by atoms with E-state index >= 15 is 0 Å². The lowest BCUT2D eigenvalue weighted by atomic mass is 9.87. The van der Waals surface area contributed by atoms with Crippen molar-refractivity contribution >= 4 is 11.4 Å². The summed E-state index contributed by atoms with van der Waals surface area (Å²) in [4.78, 5) is 10.2. The van der Waals surface area contributed by atoms with Crippen LogP contribution in [-0.2, 0) is 0 Å². The standard InChI is InChI=1S/C14H17N3O2/c1-10-3-2-4-12(7-10)16-13-5-6-14(17(18)19)11(8-13)9-15/h5-6,8,10,12,16H,2-4,7H2,1H3. The number of rotatable bonds is 3. The minimum atomic E-state index is -0.523. The van der Waals surface area contributed by atoms with E-state index in [0.717, 1.165) is 18.5 Å². The van der Waals surface area contributed by atoms with Gasteiger partial charge in [-0.15, -0.1) is 0 Å². The Morgan fingerprint density at radius 2 is 2.26 bits per heavy atom. The third kappa shape index (κ3) is 3.22. The Labute approximate surface area is 112 Å². The van der Waals surface area contributed by atoms with Crippen molar-refractivity contribution in [3.63, 3.8) is 0 Å². The Morgan fingerprint density at radius 3 is 2.89 bits per heavy atom. The lowest BCUT2D eigenvalue weighted by Gasteiger charge is -2.28. The van der Waals surface area contributed by atoms with E-state index < -0.39 is 4.92 Å². The van der Waals surface area contributed by atoms with E-state index in [2.05, 4.69) is 12.2 Å². The first-order valence-corrected chi connectivity index (χ1v) is 6.55. The Hall–Kier alpha value is -2.09. The van der Waals surface area contributed by atoms with Gasteiger partial charge in [0.05, 0.1) is 4.92 Å². The van der Waals surface area contributed by atoms with Crippen LogP contribution in [0.25, 0.3) is 0 Å². The minimum Gasteiger partial charge on any atom is -0.382 e. The van der Waals surface area contributed by atoms with Crippen LogP contribution in [-0.4, -0.2) is 11.0 Å². The fraction of sp³-hybridized carbons (Fsp3) is 0.500. The highest BCUT2D eigenvalue weighted by Gasteiger charge is 2.20. The summed E-state index contributed by atoms with van der Waals surface area (Å²) in [7, 11) is 0. The van der Waals surface area contributed by atoms with E-state index in [-0.39, 0.29) is 11.3 Å². The molecule has 0 saturated heterocycles. The third-order valence-corrected chi connectivity index (χ3v) is 3.62. The van der Waals surface area contributed by atoms with Crippen molar-refractivity contribution in [3.8, 4) is 6.07 Å². The molecule has 2 rings (SSSR count). The molecule has 0 aromatic heterocycles. The quantitative estimate of drug-likeness (QED) is 0.666. The molecule has 1 saturated carbocycles. The van der Waals surface area contributed by atoms with Crippen LogP contribution in [0.4, 0.5) is 11.4 Å². The number of nitro groups is 1. The van der Waals surface area contributed by atoms with Gasteiger partial charge >= 0.3 is 0 Å². The molecule has 0 amide bonds. The van der Waals surface area contributed by atoms with Gasteiger partial charge in [0.25, 0.3) is 5.69 Å². The van der Waals surface area contributed by atoms with Crippen LogP contribution < -0.4 is 5.32 Å². The maximum absolute atomic E-state index is 10.8. The van der Waals surface area contributed by atoms with E-state index in [0.29, 0.717) is 12.0 Å². The predicted molar refractivity (Wildman–Crippen MR) is 72.9 cm³/mol. The second-order valence-corrected chi connectivity index (χ2v) is 5.21. The highest BCUT2D eigenvalue weighted by molar-refractivity contribution is 5.59. The second-order valence-electron chi connectivity index (χ2n) is 5.21. The predicted octanol–water partition coefficient (Wildman–Crippen LogP) is 3.46. The van der Waals surface area contributed by atoms with Crippen molar-refractivity contribution in [1.82, 2.24) is 0 Å². The Balaban J connectivity index is 2.13. The van der Waals surface area contributed by atoms with E-state index in [1.807, 2.05) is 6.07 Å². The summed E-state index contributed by atoms with van der Waals surface area (Å²) < 4.78 is 0. The fourth-order valence-electron chi connectivity index (χ4n) is 2.68. The molecular weight excluding hydrogens is 242 g/mol. The molecule has 0 radical (unpaired) electrons. The molecule has 0 spiro atoms. The zero-order valence-corrected chi connectivity index (χ0v) is 10.9. The molecule has 1 fully saturated rings. The molecule has 1 N–H and O–H groups in total. The van der Waals surface area contributed by atoms with Crippen LogP contribution in [0.2, 0.25) is 0 Å². The average Bonchev–Trinajstić information content (AvgIpc) is 2.38. The first kappa shape index (κ1) is 13.3. The van der Waals surface area contributed by atoms with E-state index in [4.69, 9.17) is 5.26 Å². The first-order chi connectivity index (χ1) is 9.10. The van der Waals surface area contributed by atoms with Crippen molar-refractivity contribution in [1.29, 1.82) is 5.26 Å². The summed E-state index contributed by atoms with van der Waals surface area (Å²) in [5.74, 6) is 0.708. The van der Waals surface area contributed by atoms with Gasteiger partial charge in [-0.2, -0.15) is 5.26 Å². The van der Waals surface area contributed by atoms with Crippen molar-refractivity contribution in [2.75, 3.05) is 5.32 Å². The van der Waals surface area contributed by atoms with Crippen LogP contribution in [0.15, 0.2) is 18.2 Å². The SMILES string of the molecule is CC1CCCC(Nc2ccc([N+](=O)[O-])c(C#N)c2)C1. The van der Waals surface area contributed by atoms with Crippen molar-refractivity contribution in [2.24, 2.45) is 5.92 Å². The lowest BCUT2D eigenvalue weighted by Crippen LogP contribution is -2.26. The molecule has 1 aliphatic rings.